The molecule has 1 aromatic heterocycles. The van der Waals surface area contributed by atoms with Crippen molar-refractivity contribution >= 4 is 54.5 Å². The summed E-state index contributed by atoms with van der Waals surface area (Å²) in [5.41, 5.74) is 0.816. The number of carboxylic acids is 1. The SMILES string of the molecule is O=C(O)[C@@H]1[C@@H](C(=O)Nc2nc3ccc(Br)cc3s2)[C@H]2C=C[C@H]1C2. The van der Waals surface area contributed by atoms with Crippen LogP contribution in [0.25, 0.3) is 10.2 Å². The molecular weight excluding hydrogens is 380 g/mol. The lowest BCUT2D eigenvalue weighted by Crippen LogP contribution is -2.36. The summed E-state index contributed by atoms with van der Waals surface area (Å²) in [5.74, 6) is -2.29. The van der Waals surface area contributed by atoms with Gasteiger partial charge in [-0.1, -0.05) is 39.4 Å². The van der Waals surface area contributed by atoms with E-state index in [0.29, 0.717) is 5.13 Å². The van der Waals surface area contributed by atoms with Crippen molar-refractivity contribution < 1.29 is 14.7 Å². The fourth-order valence-electron chi connectivity index (χ4n) is 3.66. The molecule has 0 saturated heterocycles. The molecule has 0 aliphatic heterocycles. The number of thiazole rings is 1. The maximum atomic E-state index is 12.6. The summed E-state index contributed by atoms with van der Waals surface area (Å²) in [7, 11) is 0. The predicted molar refractivity (Wildman–Crippen MR) is 91.3 cm³/mol. The zero-order valence-corrected chi connectivity index (χ0v) is 14.3. The lowest BCUT2D eigenvalue weighted by atomic mass is 9.82. The van der Waals surface area contributed by atoms with Gasteiger partial charge in [-0.25, -0.2) is 4.98 Å². The summed E-state index contributed by atoms with van der Waals surface area (Å²) >= 11 is 4.80. The summed E-state index contributed by atoms with van der Waals surface area (Å²) in [6, 6.07) is 5.73. The van der Waals surface area contributed by atoms with Crippen LogP contribution in [0.4, 0.5) is 5.13 Å². The molecule has 5 nitrogen and oxygen atoms in total. The Hall–Kier alpha value is -1.73. The number of nitrogens with zero attached hydrogens (tertiary/aromatic N) is 1. The van der Waals surface area contributed by atoms with Gasteiger partial charge >= 0.3 is 5.97 Å². The first-order valence-electron chi connectivity index (χ1n) is 7.31. The molecule has 4 atom stereocenters. The minimum atomic E-state index is -0.893. The van der Waals surface area contributed by atoms with Crippen LogP contribution in [-0.4, -0.2) is 22.0 Å². The van der Waals surface area contributed by atoms with Gasteiger partial charge in [0.05, 0.1) is 22.1 Å². The topological polar surface area (TPSA) is 79.3 Å². The number of nitrogens with one attached hydrogen (secondary N) is 1. The maximum absolute atomic E-state index is 12.6. The highest BCUT2D eigenvalue weighted by Crippen LogP contribution is 2.48. The Morgan fingerprint density at radius 1 is 1.26 bits per heavy atom. The average molecular weight is 393 g/mol. The van der Waals surface area contributed by atoms with Crippen molar-refractivity contribution in [2.75, 3.05) is 5.32 Å². The third kappa shape index (κ3) is 2.48. The van der Waals surface area contributed by atoms with Gasteiger partial charge in [-0.3, -0.25) is 9.59 Å². The fraction of sp³-hybridized carbons (Fsp3) is 0.312. The Balaban J connectivity index is 1.59. The van der Waals surface area contributed by atoms with Crippen LogP contribution in [0.15, 0.2) is 34.8 Å². The molecule has 2 N–H and O–H groups in total. The van der Waals surface area contributed by atoms with Gasteiger partial charge in [0.25, 0.3) is 0 Å². The monoisotopic (exact) mass is 392 g/mol. The third-order valence-electron chi connectivity index (χ3n) is 4.63. The summed E-state index contributed by atoms with van der Waals surface area (Å²) in [5, 5.41) is 12.8. The van der Waals surface area contributed by atoms with Gasteiger partial charge in [0.2, 0.25) is 5.91 Å². The molecule has 0 unspecified atom stereocenters. The van der Waals surface area contributed by atoms with Crippen molar-refractivity contribution in [1.82, 2.24) is 4.98 Å². The largest absolute Gasteiger partial charge is 0.481 e. The number of rotatable bonds is 3. The smallest absolute Gasteiger partial charge is 0.307 e. The number of hydrogen-bond donors (Lipinski definition) is 2. The molecular formula is C16H13BrN2O3S. The first kappa shape index (κ1) is 14.8. The molecule has 0 radical (unpaired) electrons. The van der Waals surface area contributed by atoms with Crippen LogP contribution in [0.2, 0.25) is 0 Å². The van der Waals surface area contributed by atoms with E-state index >= 15 is 0 Å². The van der Waals surface area contributed by atoms with E-state index in [9.17, 15) is 14.7 Å². The molecule has 1 heterocycles. The number of halogens is 1. The molecule has 1 fully saturated rings. The van der Waals surface area contributed by atoms with E-state index in [1.165, 1.54) is 11.3 Å². The molecule has 2 aliphatic rings. The predicted octanol–water partition coefficient (Wildman–Crippen LogP) is 3.52. The molecule has 7 heteroatoms. The van der Waals surface area contributed by atoms with E-state index in [4.69, 9.17) is 0 Å². The van der Waals surface area contributed by atoms with Gasteiger partial charge in [0, 0.05) is 4.47 Å². The molecule has 2 bridgehead atoms. The van der Waals surface area contributed by atoms with Crippen molar-refractivity contribution in [2.45, 2.75) is 6.42 Å². The van der Waals surface area contributed by atoms with Crippen LogP contribution >= 0.6 is 27.3 Å². The fourth-order valence-corrected chi connectivity index (χ4v) is 5.08. The second-order valence-corrected chi connectivity index (χ2v) is 7.90. The number of fused-ring (bicyclic) bond motifs is 3. The van der Waals surface area contributed by atoms with Gasteiger partial charge in [-0.15, -0.1) is 0 Å². The van der Waals surface area contributed by atoms with Crippen LogP contribution in [0.3, 0.4) is 0 Å². The van der Waals surface area contributed by atoms with Gasteiger partial charge in [-0.05, 0) is 36.5 Å². The number of carboxylic acid groups (broad SMARTS) is 1. The standard InChI is InChI=1S/C16H13BrN2O3S/c17-9-3-4-10-11(6-9)23-16(18-10)19-14(20)12-7-1-2-8(5-7)13(12)15(21)22/h1-4,6-8,12-13H,5H2,(H,21,22)(H,18,19,20)/t7-,8-,12-,13-/m0/s1. The molecule has 23 heavy (non-hydrogen) atoms. The van der Waals surface area contributed by atoms with Crippen LogP contribution in [0.1, 0.15) is 6.42 Å². The zero-order valence-electron chi connectivity index (χ0n) is 11.9. The maximum Gasteiger partial charge on any atom is 0.307 e. The first-order chi connectivity index (χ1) is 11.0. The summed E-state index contributed by atoms with van der Waals surface area (Å²) in [4.78, 5) is 28.5. The number of carbonyl (C=O) groups excluding carboxylic acids is 1. The van der Waals surface area contributed by atoms with Crippen molar-refractivity contribution in [1.29, 1.82) is 0 Å². The second-order valence-electron chi connectivity index (χ2n) is 5.96. The van der Waals surface area contributed by atoms with Crippen LogP contribution in [0, 0.1) is 23.7 Å². The number of anilines is 1. The molecule has 1 amide bonds. The van der Waals surface area contributed by atoms with Crippen molar-refractivity contribution in [2.24, 2.45) is 23.7 Å². The van der Waals surface area contributed by atoms with Crippen molar-refractivity contribution in [3.63, 3.8) is 0 Å². The lowest BCUT2D eigenvalue weighted by molar-refractivity contribution is -0.146. The van der Waals surface area contributed by atoms with E-state index in [-0.39, 0.29) is 17.7 Å². The van der Waals surface area contributed by atoms with Gasteiger partial charge in [0.1, 0.15) is 0 Å². The number of aliphatic carboxylic acids is 1. The highest BCUT2D eigenvalue weighted by Gasteiger charge is 2.51. The molecule has 118 valence electrons. The van der Waals surface area contributed by atoms with E-state index in [0.717, 1.165) is 21.1 Å². The highest BCUT2D eigenvalue weighted by atomic mass is 79.9. The van der Waals surface area contributed by atoms with Gasteiger partial charge < -0.3 is 10.4 Å². The number of aromatic nitrogens is 1. The molecule has 2 aromatic rings. The normalized spacial score (nSPS) is 28.4. The summed E-state index contributed by atoms with van der Waals surface area (Å²) in [6.07, 6.45) is 4.66. The Kier molecular flexibility index (Phi) is 3.50. The number of allylic oxidation sites excluding steroid dienone is 2. The molecule has 4 rings (SSSR count). The summed E-state index contributed by atoms with van der Waals surface area (Å²) in [6.45, 7) is 0. The quantitative estimate of drug-likeness (QED) is 0.783. The van der Waals surface area contributed by atoms with E-state index in [1.54, 1.807) is 0 Å². The second kappa shape index (κ2) is 5.42. The lowest BCUT2D eigenvalue weighted by Gasteiger charge is -2.23. The average Bonchev–Trinajstić information content (AvgIpc) is 3.18. The minimum absolute atomic E-state index is 0.0182. The number of benzene rings is 1. The molecule has 2 aliphatic carbocycles. The van der Waals surface area contributed by atoms with Crippen molar-refractivity contribution in [3.8, 4) is 0 Å². The number of hydrogen-bond acceptors (Lipinski definition) is 4. The Morgan fingerprint density at radius 2 is 2.00 bits per heavy atom. The molecule has 0 spiro atoms. The molecule has 1 saturated carbocycles. The Labute approximate surface area is 144 Å². The highest BCUT2D eigenvalue weighted by molar-refractivity contribution is 9.10. The number of carbonyl (C=O) groups is 2. The van der Waals surface area contributed by atoms with E-state index in [2.05, 4.69) is 26.2 Å². The van der Waals surface area contributed by atoms with Gasteiger partial charge in [0.15, 0.2) is 5.13 Å². The Morgan fingerprint density at radius 3 is 2.74 bits per heavy atom. The van der Waals surface area contributed by atoms with E-state index in [1.807, 2.05) is 30.4 Å². The molecule has 1 aromatic carbocycles. The summed E-state index contributed by atoms with van der Waals surface area (Å²) < 4.78 is 1.92. The van der Waals surface area contributed by atoms with Crippen LogP contribution in [-0.2, 0) is 9.59 Å². The zero-order chi connectivity index (χ0) is 16.1. The van der Waals surface area contributed by atoms with Crippen molar-refractivity contribution in [3.05, 3.63) is 34.8 Å². The van der Waals surface area contributed by atoms with Crippen LogP contribution in [0.5, 0.6) is 0 Å². The third-order valence-corrected chi connectivity index (χ3v) is 6.05. The van der Waals surface area contributed by atoms with Gasteiger partial charge in [-0.2, -0.15) is 0 Å². The number of amides is 1. The van der Waals surface area contributed by atoms with Crippen LogP contribution < -0.4 is 5.32 Å². The Bertz CT molecular complexity index is 847. The van der Waals surface area contributed by atoms with E-state index < -0.39 is 17.8 Å². The minimum Gasteiger partial charge on any atom is -0.481 e. The first-order valence-corrected chi connectivity index (χ1v) is 8.92.